The van der Waals surface area contributed by atoms with E-state index >= 15 is 0 Å². The summed E-state index contributed by atoms with van der Waals surface area (Å²) in [6.45, 7) is -0.846. The largest absolute Gasteiger partial charge is 0.490 e. The van der Waals surface area contributed by atoms with Gasteiger partial charge in [0, 0.05) is 7.11 Å². The zero-order valence-corrected chi connectivity index (χ0v) is 19.1. The van der Waals surface area contributed by atoms with E-state index in [1.165, 1.54) is 18.0 Å². The van der Waals surface area contributed by atoms with E-state index in [-0.39, 0.29) is 22.9 Å². The van der Waals surface area contributed by atoms with Crippen molar-refractivity contribution in [3.05, 3.63) is 6.33 Å². The molecule has 0 amide bonds. The van der Waals surface area contributed by atoms with Crippen LogP contribution in [0, 0.1) is 0 Å². The average Bonchev–Trinajstić information content (AvgIpc) is 3.17. The summed E-state index contributed by atoms with van der Waals surface area (Å²) in [6.07, 6.45) is -3.81. The summed E-state index contributed by atoms with van der Waals surface area (Å²) in [7, 11) is -15.4. The van der Waals surface area contributed by atoms with Crippen molar-refractivity contribution in [1.29, 1.82) is 0 Å². The topological polar surface area (TPSA) is 294 Å². The number of fused-ring (bicyclic) bond motifs is 1. The van der Waals surface area contributed by atoms with Gasteiger partial charge in [-0.3, -0.25) is 9.09 Å². The minimum absolute atomic E-state index is 0.0313. The Balaban J connectivity index is 1.76. The molecule has 3 heterocycles. The number of aromatic nitrogens is 4. The molecule has 9 N–H and O–H groups in total. The van der Waals surface area contributed by atoms with E-state index in [9.17, 15) is 28.6 Å². The highest BCUT2D eigenvalue weighted by Gasteiger charge is 2.48. The summed E-state index contributed by atoms with van der Waals surface area (Å²) in [6, 6.07) is 0. The number of aliphatic hydroxyl groups is 1. The maximum atomic E-state index is 11.9. The lowest BCUT2D eigenvalue weighted by Gasteiger charge is -2.20. The Hall–Kier alpha value is -1.56. The molecule has 3 rings (SSSR count). The van der Waals surface area contributed by atoms with Gasteiger partial charge < -0.3 is 45.6 Å². The molecule has 186 valence electrons. The smallest absolute Gasteiger partial charge is 0.386 e. The predicted molar refractivity (Wildman–Crippen MR) is 105 cm³/mol. The Morgan fingerprint density at radius 3 is 2.39 bits per heavy atom. The van der Waals surface area contributed by atoms with Crippen molar-refractivity contribution in [2.75, 3.05) is 25.2 Å². The third-order valence-corrected chi connectivity index (χ3v) is 7.94. The highest BCUT2D eigenvalue weighted by atomic mass is 31.3. The first-order valence-corrected chi connectivity index (χ1v) is 13.0. The maximum absolute atomic E-state index is 11.9. The molecule has 6 atom stereocenters. The molecule has 0 saturated carbocycles. The lowest BCUT2D eigenvalue weighted by molar-refractivity contribution is -0.0526. The summed E-state index contributed by atoms with van der Waals surface area (Å²) >= 11 is 0. The first kappa shape index (κ1) is 26.1. The number of rotatable bonds is 9. The Labute approximate surface area is 183 Å². The van der Waals surface area contributed by atoms with E-state index in [0.717, 1.165) is 0 Å². The fourth-order valence-electron chi connectivity index (χ4n) is 2.99. The van der Waals surface area contributed by atoms with Gasteiger partial charge in [-0.15, -0.1) is 0 Å². The van der Waals surface area contributed by atoms with E-state index < -0.39 is 54.6 Å². The van der Waals surface area contributed by atoms with E-state index in [0.29, 0.717) is 0 Å². The van der Waals surface area contributed by atoms with Crippen LogP contribution in [-0.4, -0.2) is 76.2 Å². The molecular weight excluding hydrogens is 517 g/mol. The zero-order chi connectivity index (χ0) is 24.8. The molecule has 2 unspecified atom stereocenters. The van der Waals surface area contributed by atoms with Crippen molar-refractivity contribution in [1.82, 2.24) is 19.5 Å². The molecular formula is C11H19N6O13P3. The fraction of sp³-hybridized carbons (Fsp3) is 0.545. The monoisotopic (exact) mass is 536 g/mol. The van der Waals surface area contributed by atoms with Crippen molar-refractivity contribution >= 4 is 46.4 Å². The molecule has 22 heteroatoms. The van der Waals surface area contributed by atoms with Crippen LogP contribution in [0.3, 0.4) is 0 Å². The van der Waals surface area contributed by atoms with Gasteiger partial charge in [0.2, 0.25) is 5.95 Å². The van der Waals surface area contributed by atoms with Crippen molar-refractivity contribution in [2.24, 2.45) is 0 Å². The molecule has 1 fully saturated rings. The standard InChI is InChI=1S/C11H19N6O13P3/c1-26-7-4(2-27-32(22,23)30-33(24,25)29-31(19,20)21)28-10(6(7)18)17-3-14-5-8(12)15-11(13)16-9(5)17/h3-4,6-7,10,18H,2H2,1H3,(H,22,23)(H,24,25)(H2,19,20,21)(H4,12,13,15,16)/t4-,6-,7-,10-/m1/s1. The van der Waals surface area contributed by atoms with Crippen molar-refractivity contribution in [3.8, 4) is 0 Å². The number of imidazole rings is 1. The van der Waals surface area contributed by atoms with Gasteiger partial charge in [0.1, 0.15) is 23.8 Å². The van der Waals surface area contributed by atoms with Crippen molar-refractivity contribution in [3.63, 3.8) is 0 Å². The Kier molecular flexibility index (Phi) is 7.29. The Morgan fingerprint density at radius 1 is 1.12 bits per heavy atom. The summed E-state index contributed by atoms with van der Waals surface area (Å²) in [4.78, 5) is 47.7. The lowest BCUT2D eigenvalue weighted by Crippen LogP contribution is -2.35. The van der Waals surface area contributed by atoms with Crippen LogP contribution in [0.25, 0.3) is 11.2 Å². The molecule has 0 bridgehead atoms. The van der Waals surface area contributed by atoms with Gasteiger partial charge in [-0.25, -0.2) is 18.7 Å². The van der Waals surface area contributed by atoms with Crippen LogP contribution in [0.2, 0.25) is 0 Å². The van der Waals surface area contributed by atoms with Gasteiger partial charge in [-0.2, -0.15) is 18.6 Å². The molecule has 2 aromatic heterocycles. The van der Waals surface area contributed by atoms with Crippen LogP contribution in [0.1, 0.15) is 6.23 Å². The minimum atomic E-state index is -5.69. The highest BCUT2D eigenvalue weighted by Crippen LogP contribution is 2.66. The van der Waals surface area contributed by atoms with Crippen LogP contribution in [-0.2, 0) is 36.3 Å². The van der Waals surface area contributed by atoms with Crippen LogP contribution >= 0.6 is 23.5 Å². The molecule has 19 nitrogen and oxygen atoms in total. The highest BCUT2D eigenvalue weighted by molar-refractivity contribution is 7.66. The average molecular weight is 536 g/mol. The number of phosphoric acid groups is 3. The molecule has 2 aromatic rings. The number of nitrogens with zero attached hydrogens (tertiary/aromatic N) is 4. The second-order valence-electron chi connectivity index (χ2n) is 6.43. The summed E-state index contributed by atoms with van der Waals surface area (Å²) in [5.74, 6) is -0.210. The number of phosphoric ester groups is 1. The number of hydrogen-bond donors (Lipinski definition) is 7. The summed E-state index contributed by atoms with van der Waals surface area (Å²) in [5, 5.41) is 10.6. The van der Waals surface area contributed by atoms with E-state index in [2.05, 4.69) is 28.1 Å². The molecule has 1 aliphatic heterocycles. The first-order valence-electron chi connectivity index (χ1n) is 8.52. The Morgan fingerprint density at radius 2 is 1.79 bits per heavy atom. The van der Waals surface area contributed by atoms with Gasteiger partial charge in [0.25, 0.3) is 0 Å². The number of ether oxygens (including phenoxy) is 2. The number of nitrogens with two attached hydrogens (primary N) is 2. The van der Waals surface area contributed by atoms with Crippen molar-refractivity contribution < 1.29 is 61.0 Å². The Bertz CT molecular complexity index is 1170. The van der Waals surface area contributed by atoms with Crippen LogP contribution in [0.5, 0.6) is 0 Å². The maximum Gasteiger partial charge on any atom is 0.490 e. The SMILES string of the molecule is CO[C@H]1[C@@H](O)[C@H](n2cnc3c(N)nc(N)nc32)O[C@@H]1COP(=O)(O)OP(=O)(O)OP(=O)(O)O. The predicted octanol–water partition coefficient (Wildman–Crippen LogP) is -1.39. The molecule has 33 heavy (non-hydrogen) atoms. The van der Waals surface area contributed by atoms with E-state index in [1.54, 1.807) is 0 Å². The number of nitrogen functional groups attached to an aromatic ring is 2. The number of hydrogen-bond acceptors (Lipinski definition) is 14. The van der Waals surface area contributed by atoms with Crippen LogP contribution < -0.4 is 11.5 Å². The van der Waals surface area contributed by atoms with Gasteiger partial charge in [0.15, 0.2) is 17.7 Å². The van der Waals surface area contributed by atoms with Gasteiger partial charge in [-0.1, -0.05) is 0 Å². The molecule has 1 saturated heterocycles. The van der Waals surface area contributed by atoms with Gasteiger partial charge in [-0.05, 0) is 0 Å². The number of aliphatic hydroxyl groups excluding tert-OH is 1. The van der Waals surface area contributed by atoms with Crippen LogP contribution in [0.4, 0.5) is 11.8 Å². The fourth-order valence-corrected chi connectivity index (χ4v) is 6.02. The second kappa shape index (κ2) is 9.24. The normalized spacial score (nSPS) is 27.5. The molecule has 0 aromatic carbocycles. The van der Waals surface area contributed by atoms with Gasteiger partial charge in [0.05, 0.1) is 12.9 Å². The second-order valence-corrected chi connectivity index (χ2v) is 10.9. The van der Waals surface area contributed by atoms with E-state index in [4.69, 9.17) is 30.7 Å². The van der Waals surface area contributed by atoms with E-state index in [1.807, 2.05) is 0 Å². The summed E-state index contributed by atoms with van der Waals surface area (Å²) in [5.41, 5.74) is 11.6. The van der Waals surface area contributed by atoms with Crippen LogP contribution in [0.15, 0.2) is 6.33 Å². The first-order chi connectivity index (χ1) is 15.1. The molecule has 0 spiro atoms. The minimum Gasteiger partial charge on any atom is -0.386 e. The lowest BCUT2D eigenvalue weighted by atomic mass is 10.1. The number of methoxy groups -OCH3 is 1. The molecule has 1 aliphatic rings. The third-order valence-electron chi connectivity index (χ3n) is 4.14. The zero-order valence-electron chi connectivity index (χ0n) is 16.4. The summed E-state index contributed by atoms with van der Waals surface area (Å²) < 4.78 is 57.9. The van der Waals surface area contributed by atoms with Crippen molar-refractivity contribution in [2.45, 2.75) is 24.5 Å². The van der Waals surface area contributed by atoms with Gasteiger partial charge >= 0.3 is 23.5 Å². The third kappa shape index (κ3) is 6.12. The quantitative estimate of drug-likeness (QED) is 0.181. The number of anilines is 2. The molecule has 0 aliphatic carbocycles. The molecule has 0 radical (unpaired) electrons.